The lowest BCUT2D eigenvalue weighted by Gasteiger charge is -2.26. The van der Waals surface area contributed by atoms with E-state index in [1.807, 2.05) is 12.1 Å². The zero-order valence-corrected chi connectivity index (χ0v) is 20.8. The highest BCUT2D eigenvalue weighted by Crippen LogP contribution is 2.37. The molecule has 0 aliphatic rings. The van der Waals surface area contributed by atoms with Crippen LogP contribution < -0.4 is 10.6 Å². The minimum atomic E-state index is 0.566. The Labute approximate surface area is 205 Å². The minimum absolute atomic E-state index is 0.566. The first kappa shape index (κ1) is 23.6. The second kappa shape index (κ2) is 10.6. The Balaban J connectivity index is 1.72. The zero-order valence-electron chi connectivity index (χ0n) is 20.8. The van der Waals surface area contributed by atoms with Crippen LogP contribution in [0.15, 0.2) is 97.1 Å². The molecule has 0 amide bonds. The predicted octanol–water partition coefficient (Wildman–Crippen LogP) is 9.43. The Hall–Kier alpha value is -3.52. The number of rotatable bonds is 8. The lowest BCUT2D eigenvalue weighted by Crippen LogP contribution is -2.10. The lowest BCUT2D eigenvalue weighted by atomic mass is 9.97. The molecule has 0 aliphatic heterocycles. The van der Waals surface area contributed by atoms with Crippen molar-refractivity contribution in [2.24, 2.45) is 0 Å². The Morgan fingerprint density at radius 3 is 1.21 bits per heavy atom. The molecule has 174 valence electrons. The quantitative estimate of drug-likeness (QED) is 0.272. The van der Waals surface area contributed by atoms with Crippen molar-refractivity contribution in [2.45, 2.75) is 52.4 Å². The average Bonchev–Trinajstić information content (AvgIpc) is 2.89. The first-order valence-corrected chi connectivity index (χ1v) is 12.5. The fourth-order valence-electron chi connectivity index (χ4n) is 4.30. The molecule has 0 aromatic heterocycles. The van der Waals surface area contributed by atoms with Gasteiger partial charge < -0.3 is 10.6 Å². The van der Waals surface area contributed by atoms with Gasteiger partial charge in [-0.1, -0.05) is 76.2 Å². The maximum atomic E-state index is 5.87. The summed E-state index contributed by atoms with van der Waals surface area (Å²) in [6.07, 6.45) is 2.29. The molecule has 0 saturated carbocycles. The summed E-state index contributed by atoms with van der Waals surface area (Å²) < 4.78 is 0. The van der Waals surface area contributed by atoms with E-state index in [0.717, 1.165) is 24.2 Å². The molecule has 2 N–H and O–H groups in total. The number of anilines is 4. The number of hydrogen-bond acceptors (Lipinski definition) is 2. The summed E-state index contributed by atoms with van der Waals surface area (Å²) in [6, 6.07) is 34.9. The van der Waals surface area contributed by atoms with Crippen molar-refractivity contribution >= 4 is 22.7 Å². The molecule has 0 spiro atoms. The fourth-order valence-corrected chi connectivity index (χ4v) is 4.30. The number of benzene rings is 4. The highest BCUT2D eigenvalue weighted by molar-refractivity contribution is 5.78. The molecule has 4 rings (SSSR count). The van der Waals surface area contributed by atoms with Crippen LogP contribution in [0.25, 0.3) is 11.1 Å². The summed E-state index contributed by atoms with van der Waals surface area (Å²) in [4.78, 5) is 2.34. The second-order valence-corrected chi connectivity index (χ2v) is 9.31. The van der Waals surface area contributed by atoms with E-state index < -0.39 is 0 Å². The molecule has 2 unspecified atom stereocenters. The Bertz CT molecular complexity index is 1120. The van der Waals surface area contributed by atoms with Crippen LogP contribution in [0.5, 0.6) is 0 Å². The van der Waals surface area contributed by atoms with Gasteiger partial charge in [0.25, 0.3) is 0 Å². The molecule has 4 aromatic rings. The summed E-state index contributed by atoms with van der Waals surface area (Å²) in [5, 5.41) is 0. The van der Waals surface area contributed by atoms with Crippen molar-refractivity contribution in [3.63, 3.8) is 0 Å². The van der Waals surface area contributed by atoms with Gasteiger partial charge in [-0.2, -0.15) is 0 Å². The van der Waals surface area contributed by atoms with E-state index in [0.29, 0.717) is 11.8 Å². The average molecular weight is 449 g/mol. The zero-order chi connectivity index (χ0) is 24.1. The second-order valence-electron chi connectivity index (χ2n) is 9.31. The van der Waals surface area contributed by atoms with Crippen molar-refractivity contribution < 1.29 is 0 Å². The molecule has 0 heterocycles. The van der Waals surface area contributed by atoms with Crippen molar-refractivity contribution in [1.82, 2.24) is 0 Å². The summed E-state index contributed by atoms with van der Waals surface area (Å²) >= 11 is 0. The summed E-state index contributed by atoms with van der Waals surface area (Å²) in [7, 11) is 0. The molecule has 34 heavy (non-hydrogen) atoms. The van der Waals surface area contributed by atoms with Crippen LogP contribution in [-0.2, 0) is 0 Å². The summed E-state index contributed by atoms with van der Waals surface area (Å²) in [6.45, 7) is 9.06. The Morgan fingerprint density at radius 1 is 0.529 bits per heavy atom. The van der Waals surface area contributed by atoms with E-state index in [-0.39, 0.29) is 0 Å². The van der Waals surface area contributed by atoms with Crippen molar-refractivity contribution in [3.8, 4) is 11.1 Å². The number of nitrogens with two attached hydrogens (primary N) is 1. The Morgan fingerprint density at radius 2 is 0.853 bits per heavy atom. The van der Waals surface area contributed by atoms with Crippen LogP contribution in [0, 0.1) is 0 Å². The van der Waals surface area contributed by atoms with E-state index >= 15 is 0 Å². The molecule has 2 heteroatoms. The van der Waals surface area contributed by atoms with Crippen LogP contribution in [0.3, 0.4) is 0 Å². The van der Waals surface area contributed by atoms with Gasteiger partial charge in [-0.05, 0) is 95.5 Å². The highest BCUT2D eigenvalue weighted by Gasteiger charge is 2.14. The van der Waals surface area contributed by atoms with Gasteiger partial charge in [0.1, 0.15) is 0 Å². The van der Waals surface area contributed by atoms with Gasteiger partial charge in [-0.3, -0.25) is 0 Å². The first-order chi connectivity index (χ1) is 16.5. The van der Waals surface area contributed by atoms with Crippen LogP contribution in [0.2, 0.25) is 0 Å². The number of nitrogen functional groups attached to an aromatic ring is 1. The van der Waals surface area contributed by atoms with Crippen molar-refractivity contribution in [1.29, 1.82) is 0 Å². The van der Waals surface area contributed by atoms with Gasteiger partial charge >= 0.3 is 0 Å². The minimum Gasteiger partial charge on any atom is -0.399 e. The molecule has 0 fully saturated rings. The molecular formula is C32H36N2. The molecule has 2 nitrogen and oxygen atoms in total. The standard InChI is InChI=1S/C32H36N2/c1-5-23(3)25-9-17-30(18-10-25)34(31-19-11-26(12-20-31)24(4)6-2)32-21-13-28(14-22-32)27-7-15-29(33)16-8-27/h7-24H,5-6,33H2,1-4H3. The van der Waals surface area contributed by atoms with Crippen molar-refractivity contribution in [2.75, 3.05) is 10.6 Å². The molecule has 2 atom stereocenters. The van der Waals surface area contributed by atoms with Gasteiger partial charge in [0.05, 0.1) is 0 Å². The van der Waals surface area contributed by atoms with Crippen LogP contribution >= 0.6 is 0 Å². The lowest BCUT2D eigenvalue weighted by molar-refractivity contribution is 0.733. The van der Waals surface area contributed by atoms with Crippen LogP contribution in [0.1, 0.15) is 63.5 Å². The van der Waals surface area contributed by atoms with Gasteiger partial charge in [0, 0.05) is 22.7 Å². The maximum absolute atomic E-state index is 5.87. The third kappa shape index (κ3) is 5.17. The van der Waals surface area contributed by atoms with E-state index in [2.05, 4.69) is 118 Å². The monoisotopic (exact) mass is 448 g/mol. The summed E-state index contributed by atoms with van der Waals surface area (Å²) in [5.41, 5.74) is 15.3. The molecule has 0 bridgehead atoms. The summed E-state index contributed by atoms with van der Waals surface area (Å²) in [5.74, 6) is 1.13. The van der Waals surface area contributed by atoms with E-state index in [4.69, 9.17) is 5.73 Å². The molecule has 0 radical (unpaired) electrons. The van der Waals surface area contributed by atoms with Gasteiger partial charge in [0.15, 0.2) is 0 Å². The molecular weight excluding hydrogens is 412 g/mol. The molecule has 0 aliphatic carbocycles. The van der Waals surface area contributed by atoms with Crippen LogP contribution in [-0.4, -0.2) is 0 Å². The normalized spacial score (nSPS) is 12.8. The number of nitrogens with zero attached hydrogens (tertiary/aromatic N) is 1. The van der Waals surface area contributed by atoms with Gasteiger partial charge in [-0.25, -0.2) is 0 Å². The van der Waals surface area contributed by atoms with E-state index in [9.17, 15) is 0 Å². The smallest absolute Gasteiger partial charge is 0.0462 e. The highest BCUT2D eigenvalue weighted by atomic mass is 15.1. The van der Waals surface area contributed by atoms with E-state index in [1.54, 1.807) is 0 Å². The fraction of sp³-hybridized carbons (Fsp3) is 0.250. The van der Waals surface area contributed by atoms with Gasteiger partial charge in [-0.15, -0.1) is 0 Å². The SMILES string of the molecule is CCC(C)c1ccc(N(c2ccc(-c3ccc(N)cc3)cc2)c2ccc(C(C)CC)cc2)cc1. The van der Waals surface area contributed by atoms with E-state index in [1.165, 1.54) is 33.6 Å². The van der Waals surface area contributed by atoms with Crippen molar-refractivity contribution in [3.05, 3.63) is 108 Å². The molecule has 0 saturated heterocycles. The Kier molecular flexibility index (Phi) is 7.37. The first-order valence-electron chi connectivity index (χ1n) is 12.5. The maximum Gasteiger partial charge on any atom is 0.0462 e. The molecule has 4 aromatic carbocycles. The third-order valence-corrected chi connectivity index (χ3v) is 7.03. The topological polar surface area (TPSA) is 29.3 Å². The third-order valence-electron chi connectivity index (χ3n) is 7.03. The largest absolute Gasteiger partial charge is 0.399 e. The van der Waals surface area contributed by atoms with Gasteiger partial charge in [0.2, 0.25) is 0 Å². The number of hydrogen-bond donors (Lipinski definition) is 1. The van der Waals surface area contributed by atoms with Crippen LogP contribution in [0.4, 0.5) is 22.7 Å². The predicted molar refractivity (Wildman–Crippen MR) is 148 cm³/mol.